The molecule has 3 atom stereocenters. The molecule has 0 fully saturated rings. The maximum atomic E-state index is 13.8. The van der Waals surface area contributed by atoms with Crippen LogP contribution >= 0.6 is 23.2 Å². The number of hydrogen-bond acceptors (Lipinski definition) is 3. The third-order valence-corrected chi connectivity index (χ3v) is 6.10. The molecule has 4 nitrogen and oxygen atoms in total. The number of carbonyl (C=O) groups excluding carboxylic acids is 1. The maximum Gasteiger partial charge on any atom is 0.416 e. The molecule has 3 unspecified atom stereocenters. The number of methoxy groups -OCH3 is 1. The normalized spacial score (nSPS) is 18.1. The average molecular weight is 501 g/mol. The minimum Gasteiger partial charge on any atom is -0.381 e. The van der Waals surface area contributed by atoms with E-state index in [9.17, 15) is 18.0 Å². The Morgan fingerprint density at radius 1 is 1.24 bits per heavy atom. The van der Waals surface area contributed by atoms with Gasteiger partial charge in [-0.05, 0) is 60.2 Å². The number of allylic oxidation sites excluding steroid dienone is 1. The Hall–Kier alpha value is -2.06. The van der Waals surface area contributed by atoms with E-state index in [2.05, 4.69) is 5.32 Å². The molecule has 1 aliphatic carbocycles. The van der Waals surface area contributed by atoms with Crippen molar-refractivity contribution in [2.24, 2.45) is 5.73 Å². The number of nitrogens with two attached hydrogens (primary N) is 1. The summed E-state index contributed by atoms with van der Waals surface area (Å²) in [5.41, 5.74) is 7.56. The van der Waals surface area contributed by atoms with Crippen molar-refractivity contribution in [2.75, 3.05) is 7.11 Å². The highest BCUT2D eigenvalue weighted by Gasteiger charge is 2.35. The molecular formula is C24H25Cl2F3N2O2. The number of ether oxygens (including phenoxy) is 1. The highest BCUT2D eigenvalue weighted by atomic mass is 35.5. The van der Waals surface area contributed by atoms with Crippen LogP contribution in [0.25, 0.3) is 5.57 Å². The van der Waals surface area contributed by atoms with Crippen molar-refractivity contribution in [2.45, 2.75) is 50.6 Å². The molecule has 0 saturated heterocycles. The highest BCUT2D eigenvalue weighted by Crippen LogP contribution is 2.38. The van der Waals surface area contributed by atoms with Crippen molar-refractivity contribution >= 4 is 34.7 Å². The Kier molecular flexibility index (Phi) is 8.11. The summed E-state index contributed by atoms with van der Waals surface area (Å²) < 4.78 is 46.5. The quantitative estimate of drug-likeness (QED) is 0.477. The number of halogens is 5. The van der Waals surface area contributed by atoms with Gasteiger partial charge in [0.25, 0.3) is 0 Å². The average Bonchev–Trinajstić information content (AvgIpc) is 3.11. The fourth-order valence-corrected chi connectivity index (χ4v) is 4.46. The molecule has 0 aliphatic heterocycles. The minimum absolute atomic E-state index is 0.103. The van der Waals surface area contributed by atoms with Gasteiger partial charge in [-0.2, -0.15) is 13.2 Å². The lowest BCUT2D eigenvalue weighted by Gasteiger charge is -2.18. The van der Waals surface area contributed by atoms with Crippen molar-refractivity contribution in [3.05, 3.63) is 74.8 Å². The van der Waals surface area contributed by atoms with Gasteiger partial charge in [-0.3, -0.25) is 4.79 Å². The molecule has 178 valence electrons. The number of aryl methyl sites for hydroxylation is 1. The molecule has 33 heavy (non-hydrogen) atoms. The first kappa shape index (κ1) is 25.6. The van der Waals surface area contributed by atoms with Crippen LogP contribution in [0.5, 0.6) is 0 Å². The van der Waals surface area contributed by atoms with E-state index in [4.69, 9.17) is 33.7 Å². The molecule has 0 saturated carbocycles. The van der Waals surface area contributed by atoms with Gasteiger partial charge < -0.3 is 15.8 Å². The van der Waals surface area contributed by atoms with Crippen molar-refractivity contribution in [3.63, 3.8) is 0 Å². The Labute approximate surface area is 200 Å². The van der Waals surface area contributed by atoms with Gasteiger partial charge >= 0.3 is 6.18 Å². The smallest absolute Gasteiger partial charge is 0.381 e. The Bertz CT molecular complexity index is 1040. The van der Waals surface area contributed by atoms with Gasteiger partial charge in [-0.1, -0.05) is 47.5 Å². The third kappa shape index (κ3) is 6.51. The predicted octanol–water partition coefficient (Wildman–Crippen LogP) is 6.17. The minimum atomic E-state index is -4.64. The van der Waals surface area contributed by atoms with Crippen LogP contribution in [0, 0.1) is 0 Å². The zero-order valence-electron chi connectivity index (χ0n) is 18.2. The van der Waals surface area contributed by atoms with Crippen LogP contribution in [0.15, 0.2) is 42.5 Å². The lowest BCUT2D eigenvalue weighted by atomic mass is 9.96. The summed E-state index contributed by atoms with van der Waals surface area (Å²) in [7, 11) is 1.55. The first-order valence-electron chi connectivity index (χ1n) is 10.4. The van der Waals surface area contributed by atoms with E-state index < -0.39 is 17.8 Å². The highest BCUT2D eigenvalue weighted by molar-refractivity contribution is 6.34. The third-order valence-electron chi connectivity index (χ3n) is 5.67. The first-order valence-corrected chi connectivity index (χ1v) is 11.2. The van der Waals surface area contributed by atoms with Crippen LogP contribution in [0.2, 0.25) is 10.0 Å². The van der Waals surface area contributed by atoms with E-state index in [-0.39, 0.29) is 40.1 Å². The van der Waals surface area contributed by atoms with Crippen molar-refractivity contribution in [3.8, 4) is 0 Å². The Morgan fingerprint density at radius 2 is 1.91 bits per heavy atom. The molecular weight excluding hydrogens is 476 g/mol. The molecule has 0 heterocycles. The summed E-state index contributed by atoms with van der Waals surface area (Å²) in [4.78, 5) is 12.2. The van der Waals surface area contributed by atoms with Gasteiger partial charge in [-0.15, -0.1) is 0 Å². The largest absolute Gasteiger partial charge is 0.416 e. The Morgan fingerprint density at radius 3 is 2.52 bits per heavy atom. The molecule has 0 spiro atoms. The topological polar surface area (TPSA) is 64.3 Å². The summed E-state index contributed by atoms with van der Waals surface area (Å²) >= 11 is 11.8. The van der Waals surface area contributed by atoms with Crippen LogP contribution < -0.4 is 11.1 Å². The maximum absolute atomic E-state index is 13.8. The standard InChI is InChI=1S/C24H25Cl2F3N2O2/c1-13(33-2)7-23(32)31-22-6-4-14-8-15(3-5-19(14)22)21(30)12-20(24(27,28)29)16-9-17(25)11-18(26)10-16/h3,5,8-13,21-22H,4,6-7,30H2,1-2H3,(H,31,32)/b20-12-. The van der Waals surface area contributed by atoms with E-state index in [0.717, 1.165) is 17.2 Å². The number of amides is 1. The van der Waals surface area contributed by atoms with Crippen LogP contribution in [-0.2, 0) is 16.0 Å². The van der Waals surface area contributed by atoms with Gasteiger partial charge in [0, 0.05) is 23.2 Å². The zero-order chi connectivity index (χ0) is 24.3. The van der Waals surface area contributed by atoms with E-state index in [0.29, 0.717) is 18.4 Å². The van der Waals surface area contributed by atoms with Gasteiger partial charge in [-0.25, -0.2) is 0 Å². The van der Waals surface area contributed by atoms with E-state index in [1.165, 1.54) is 18.2 Å². The number of fused-ring (bicyclic) bond motifs is 1. The summed E-state index contributed by atoms with van der Waals surface area (Å²) in [6, 6.07) is 7.96. The number of nitrogens with one attached hydrogen (secondary N) is 1. The summed E-state index contributed by atoms with van der Waals surface area (Å²) in [5.74, 6) is -0.110. The molecule has 1 aliphatic rings. The summed E-state index contributed by atoms with van der Waals surface area (Å²) in [6.45, 7) is 1.82. The van der Waals surface area contributed by atoms with Gasteiger partial charge in [0.15, 0.2) is 0 Å². The molecule has 2 aromatic rings. The Balaban J connectivity index is 1.83. The molecule has 0 radical (unpaired) electrons. The molecule has 3 N–H and O–H groups in total. The second-order valence-electron chi connectivity index (χ2n) is 8.13. The van der Waals surface area contributed by atoms with Crippen LogP contribution in [0.4, 0.5) is 13.2 Å². The number of carbonyl (C=O) groups is 1. The van der Waals surface area contributed by atoms with Crippen LogP contribution in [-0.4, -0.2) is 25.3 Å². The number of hydrogen-bond donors (Lipinski definition) is 2. The fraction of sp³-hybridized carbons (Fsp3) is 0.375. The summed E-state index contributed by atoms with van der Waals surface area (Å²) in [5, 5.41) is 3.20. The van der Waals surface area contributed by atoms with Crippen LogP contribution in [0.3, 0.4) is 0 Å². The zero-order valence-corrected chi connectivity index (χ0v) is 19.7. The molecule has 9 heteroatoms. The first-order chi connectivity index (χ1) is 15.5. The van der Waals surface area contributed by atoms with Gasteiger partial charge in [0.2, 0.25) is 5.91 Å². The second-order valence-corrected chi connectivity index (χ2v) is 9.00. The van der Waals surface area contributed by atoms with E-state index >= 15 is 0 Å². The lowest BCUT2D eigenvalue weighted by molar-refractivity contribution is -0.124. The molecule has 2 aromatic carbocycles. The van der Waals surface area contributed by atoms with Crippen LogP contribution in [0.1, 0.15) is 54.1 Å². The predicted molar refractivity (Wildman–Crippen MR) is 124 cm³/mol. The molecule has 3 rings (SSSR count). The van der Waals surface area contributed by atoms with Crippen molar-refractivity contribution < 1.29 is 22.7 Å². The van der Waals surface area contributed by atoms with Crippen molar-refractivity contribution in [1.29, 1.82) is 0 Å². The molecule has 1 amide bonds. The second kappa shape index (κ2) is 10.5. The number of rotatable bonds is 7. The molecule has 0 aromatic heterocycles. The lowest BCUT2D eigenvalue weighted by Crippen LogP contribution is -2.30. The number of alkyl halides is 3. The monoisotopic (exact) mass is 500 g/mol. The van der Waals surface area contributed by atoms with Gasteiger partial charge in [0.1, 0.15) is 0 Å². The van der Waals surface area contributed by atoms with Gasteiger partial charge in [0.05, 0.1) is 24.1 Å². The van der Waals surface area contributed by atoms with Crippen molar-refractivity contribution in [1.82, 2.24) is 5.32 Å². The van der Waals surface area contributed by atoms with E-state index in [1.807, 2.05) is 13.0 Å². The number of benzene rings is 2. The SMILES string of the molecule is COC(C)CC(=O)NC1CCc2cc(C(N)/C=C(/c3cc(Cl)cc(Cl)c3)C(F)(F)F)ccc21. The van der Waals surface area contributed by atoms with E-state index in [1.54, 1.807) is 19.2 Å². The molecule has 0 bridgehead atoms. The summed E-state index contributed by atoms with van der Waals surface area (Å²) in [6.07, 6.45) is -2.19. The fourth-order valence-electron chi connectivity index (χ4n) is 3.93.